The van der Waals surface area contributed by atoms with Crippen molar-refractivity contribution in [3.05, 3.63) is 104 Å². The van der Waals surface area contributed by atoms with Crippen LogP contribution in [0.3, 0.4) is 0 Å². The highest BCUT2D eigenvalue weighted by Gasteiger charge is 2.31. The second kappa shape index (κ2) is 20.4. The third-order valence-corrected chi connectivity index (χ3v) is 13.8. The number of carbonyl (C=O) groups is 3. The van der Waals surface area contributed by atoms with Gasteiger partial charge in [0.2, 0.25) is 0 Å². The Bertz CT molecular complexity index is 2030. The van der Waals surface area contributed by atoms with Gasteiger partial charge in [0.25, 0.3) is 11.8 Å². The third-order valence-electron chi connectivity index (χ3n) is 8.10. The van der Waals surface area contributed by atoms with Gasteiger partial charge in [0.05, 0.1) is 52.3 Å². The lowest BCUT2D eigenvalue weighted by atomic mass is 9.94. The van der Waals surface area contributed by atoms with Crippen LogP contribution in [0.1, 0.15) is 79.9 Å². The Hall–Kier alpha value is -2.72. The number of ether oxygens (including phenoxy) is 2. The fourth-order valence-electron chi connectivity index (χ4n) is 5.55. The van der Waals surface area contributed by atoms with Crippen LogP contribution in [-0.4, -0.2) is 80.1 Å². The van der Waals surface area contributed by atoms with Crippen LogP contribution in [0.25, 0.3) is 6.08 Å². The zero-order valence-corrected chi connectivity index (χ0v) is 37.8. The number of nitrogens with one attached hydrogen (secondary N) is 7. The number of nitrogens with zero attached hydrogens (tertiary/aromatic N) is 1. The summed E-state index contributed by atoms with van der Waals surface area (Å²) in [7, 11) is 0. The summed E-state index contributed by atoms with van der Waals surface area (Å²) in [5.74, 6) is 0.346. The van der Waals surface area contributed by atoms with E-state index >= 15 is 0 Å². The van der Waals surface area contributed by atoms with Gasteiger partial charge in [-0.2, -0.15) is 0 Å². The number of amides is 2. The van der Waals surface area contributed by atoms with E-state index in [-0.39, 0.29) is 29.8 Å². The molecule has 0 aliphatic carbocycles. The van der Waals surface area contributed by atoms with Crippen molar-refractivity contribution in [1.29, 1.82) is 0 Å². The van der Waals surface area contributed by atoms with Gasteiger partial charge in [-0.15, -0.1) is 0 Å². The van der Waals surface area contributed by atoms with E-state index in [4.69, 9.17) is 15.2 Å². The molecule has 0 spiro atoms. The fraction of sp³-hybridized carbons (Fsp3) is 0.294. The molecule has 54 heavy (non-hydrogen) atoms. The molecule has 14 nitrogen and oxygen atoms in total. The van der Waals surface area contributed by atoms with Crippen LogP contribution in [0.5, 0.6) is 0 Å². The van der Waals surface area contributed by atoms with Gasteiger partial charge in [0.15, 0.2) is 18.0 Å². The summed E-state index contributed by atoms with van der Waals surface area (Å²) in [6.07, 6.45) is 12.0. The minimum Gasteiger partial charge on any atom is -0.369 e. The van der Waals surface area contributed by atoms with Crippen molar-refractivity contribution in [3.8, 4) is 0 Å². The number of Topliss-reactive ketones (excluding diaryl/α,β-unsaturated/α-hetero) is 1. The zero-order chi connectivity index (χ0) is 38.8. The Morgan fingerprint density at radius 1 is 0.870 bits per heavy atom. The molecule has 0 saturated carbocycles. The average molecular weight is 1130 g/mol. The molecule has 20 heteroatoms. The lowest BCUT2D eigenvalue weighted by Gasteiger charge is -2.13. The quantitative estimate of drug-likeness (QED) is 0.0775. The normalized spacial score (nSPS) is 16.2. The molecule has 5 aromatic rings. The van der Waals surface area contributed by atoms with E-state index in [0.717, 1.165) is 63.3 Å². The van der Waals surface area contributed by atoms with E-state index in [1.807, 2.05) is 36.7 Å². The van der Waals surface area contributed by atoms with E-state index in [2.05, 4.69) is 136 Å². The number of aromatic amines is 5. The highest BCUT2D eigenvalue weighted by molar-refractivity contribution is 9.13. The van der Waals surface area contributed by atoms with Gasteiger partial charge in [-0.1, -0.05) is 12.2 Å². The Morgan fingerprint density at radius 2 is 1.56 bits per heavy atom. The molecule has 288 valence electrons. The van der Waals surface area contributed by atoms with Gasteiger partial charge < -0.3 is 50.8 Å². The Labute approximate surface area is 360 Å². The summed E-state index contributed by atoms with van der Waals surface area (Å²) in [6, 6.07) is 5.68. The topological polar surface area (TPSA) is 212 Å². The molecule has 5 aromatic heterocycles. The van der Waals surface area contributed by atoms with Crippen molar-refractivity contribution >= 4 is 125 Å². The van der Waals surface area contributed by atoms with Crippen LogP contribution in [-0.2, 0) is 9.47 Å². The van der Waals surface area contributed by atoms with Crippen LogP contribution < -0.4 is 16.4 Å². The molecule has 0 aromatic carbocycles. The summed E-state index contributed by atoms with van der Waals surface area (Å²) in [6.45, 7) is 2.50. The minimum atomic E-state index is -0.120. The molecule has 3 aliphatic heterocycles. The molecule has 8 heterocycles. The maximum atomic E-state index is 12.0. The first kappa shape index (κ1) is 42.4. The number of carbonyl (C=O) groups excluding carboxylic acids is 3. The molecule has 1 atom stereocenters. The number of hydrogen-bond acceptors (Lipinski definition) is 7. The van der Waals surface area contributed by atoms with Crippen molar-refractivity contribution in [2.24, 2.45) is 0 Å². The number of aromatic nitrogens is 6. The van der Waals surface area contributed by atoms with E-state index < -0.39 is 0 Å². The summed E-state index contributed by atoms with van der Waals surface area (Å²) >= 11 is 20.3. The number of rotatable bonds is 6. The number of halogens is 6. The van der Waals surface area contributed by atoms with Crippen molar-refractivity contribution in [3.63, 3.8) is 0 Å². The first-order valence-corrected chi connectivity index (χ1v) is 21.3. The molecular weight excluding hydrogens is 1090 g/mol. The summed E-state index contributed by atoms with van der Waals surface area (Å²) in [4.78, 5) is 54.2. The zero-order valence-electron chi connectivity index (χ0n) is 28.3. The smallest absolute Gasteiger partial charge is 0.268 e. The van der Waals surface area contributed by atoms with Gasteiger partial charge in [0, 0.05) is 54.6 Å². The Kier molecular flexibility index (Phi) is 16.1. The second-order valence-corrected chi connectivity index (χ2v) is 16.6. The molecule has 0 bridgehead atoms. The standard InChI is InChI=1S/C11H11Br2N5O.C11H13Br2NO3.C8H6Br2N2O.C4H5N/c12-7-6-4(5-3-16-11(14)17-5)1-2-15-10(19)8(6)18-9(7)13;12-7-6-8(14-11(7)13)9(15)2-1-3-10-16-4-5-17-10;9-5-4-2-1-3-11-8(13)6(4)12-7(5)10;1-2-4-5-3-1/h3-4,18H,1-2H2,(H,15,19)(H3,14,16,17);6,10,14H,1-5H2;1-2,12H,3H2,(H,11,13);1-5H. The van der Waals surface area contributed by atoms with Gasteiger partial charge in [-0.05, 0) is 133 Å². The molecule has 8 rings (SSSR count). The first-order valence-electron chi connectivity index (χ1n) is 16.5. The fourth-order valence-corrected chi connectivity index (χ4v) is 8.03. The van der Waals surface area contributed by atoms with Gasteiger partial charge in [-0.25, -0.2) is 4.98 Å². The van der Waals surface area contributed by atoms with Crippen molar-refractivity contribution < 1.29 is 23.9 Å². The number of hydrogen-bond donors (Lipinski definition) is 8. The molecule has 2 amide bonds. The van der Waals surface area contributed by atoms with Gasteiger partial charge in [0.1, 0.15) is 11.4 Å². The number of imidazole rings is 1. The Balaban J connectivity index is 0.000000148. The van der Waals surface area contributed by atoms with E-state index in [1.165, 1.54) is 0 Å². The molecule has 1 unspecified atom stereocenters. The van der Waals surface area contributed by atoms with E-state index in [9.17, 15) is 14.4 Å². The van der Waals surface area contributed by atoms with Crippen LogP contribution >= 0.6 is 95.6 Å². The average Bonchev–Trinajstić information content (AvgIpc) is 4.02. The number of ketones is 1. The summed E-state index contributed by atoms with van der Waals surface area (Å²) < 4.78 is 15.6. The van der Waals surface area contributed by atoms with Crippen LogP contribution in [0.15, 0.2) is 70.1 Å². The lowest BCUT2D eigenvalue weighted by Crippen LogP contribution is -2.23. The summed E-state index contributed by atoms with van der Waals surface area (Å²) in [5, 5.41) is 5.61. The number of fused-ring (bicyclic) bond motifs is 2. The number of H-pyrrole nitrogens is 5. The van der Waals surface area contributed by atoms with Gasteiger partial charge >= 0.3 is 0 Å². The van der Waals surface area contributed by atoms with E-state index in [1.54, 1.807) is 12.3 Å². The molecule has 3 aliphatic rings. The van der Waals surface area contributed by atoms with Crippen molar-refractivity contribution in [2.45, 2.75) is 37.9 Å². The minimum absolute atomic E-state index is 0.0377. The number of nitrogen functional groups attached to an aromatic ring is 1. The maximum Gasteiger partial charge on any atom is 0.268 e. The highest BCUT2D eigenvalue weighted by atomic mass is 79.9. The van der Waals surface area contributed by atoms with Crippen LogP contribution in [0.4, 0.5) is 5.95 Å². The molecule has 0 radical (unpaired) electrons. The molecular formula is C34H35Br6N9O5. The monoisotopic (exact) mass is 1120 g/mol. The highest BCUT2D eigenvalue weighted by Crippen LogP contribution is 2.40. The van der Waals surface area contributed by atoms with E-state index in [0.29, 0.717) is 55.8 Å². The van der Waals surface area contributed by atoms with Crippen molar-refractivity contribution in [2.75, 3.05) is 32.0 Å². The van der Waals surface area contributed by atoms with Crippen LogP contribution in [0, 0.1) is 0 Å². The third kappa shape index (κ3) is 11.2. The molecule has 9 N–H and O–H groups in total. The van der Waals surface area contributed by atoms with Crippen molar-refractivity contribution in [1.82, 2.24) is 40.5 Å². The van der Waals surface area contributed by atoms with Crippen LogP contribution in [0.2, 0.25) is 0 Å². The van der Waals surface area contributed by atoms with Gasteiger partial charge in [-0.3, -0.25) is 14.4 Å². The molecule has 1 saturated heterocycles. The number of anilines is 1. The predicted octanol–water partition coefficient (Wildman–Crippen LogP) is 8.69. The number of nitrogens with two attached hydrogens (primary N) is 1. The maximum absolute atomic E-state index is 12.0. The summed E-state index contributed by atoms with van der Waals surface area (Å²) in [5.41, 5.74) is 10.1. The predicted molar refractivity (Wildman–Crippen MR) is 226 cm³/mol. The lowest BCUT2D eigenvalue weighted by molar-refractivity contribution is -0.0475. The first-order chi connectivity index (χ1) is 25.9. The Morgan fingerprint density at radius 3 is 2.19 bits per heavy atom. The molecule has 1 fully saturated rings. The largest absolute Gasteiger partial charge is 0.369 e. The second-order valence-electron chi connectivity index (χ2n) is 11.7. The SMILES string of the molecule is Nc1ncc(C2CCNC(=O)c3[nH]c(Br)c(Br)c32)[nH]1.O=C(CCCC1OCCO1)c1cc(Br)c(Br)[nH]1.O=C1NCC=Cc2c1[nH]c(Br)c2Br.c1cc[nH]c1.